The van der Waals surface area contributed by atoms with Crippen LogP contribution < -0.4 is 5.32 Å². The molecule has 0 bridgehead atoms. The average molecular weight is 409 g/mol. The number of nitrogens with one attached hydrogen (secondary N) is 1. The van der Waals surface area contributed by atoms with Gasteiger partial charge in [-0.1, -0.05) is 55.5 Å². The molecular weight excluding hydrogens is 376 g/mol. The Kier molecular flexibility index (Phi) is 6.82. The standard InChI is InChI=1S/C25H32N2O3/c1-2-21-11-6-7-12-22(21)26-24(28)18-27-15-14-25(13-8-16-30-25)23(17-27)29-19-20-9-4-3-5-10-20/h3-7,9-12,23H,2,8,13-19H2,1H3,(H,26,28)/t23-,25-/m0/s1. The normalized spacial score (nSPS) is 24.2. The molecule has 2 atom stereocenters. The van der Waals surface area contributed by atoms with E-state index in [1.807, 2.05) is 36.4 Å². The lowest BCUT2D eigenvalue weighted by atomic mass is 9.85. The van der Waals surface area contributed by atoms with Gasteiger partial charge in [0.05, 0.1) is 24.9 Å². The summed E-state index contributed by atoms with van der Waals surface area (Å²) in [5, 5.41) is 3.09. The lowest BCUT2D eigenvalue weighted by Gasteiger charge is -2.44. The maximum Gasteiger partial charge on any atom is 0.238 e. The number of amides is 1. The van der Waals surface area contributed by atoms with Gasteiger partial charge in [0.1, 0.15) is 0 Å². The van der Waals surface area contributed by atoms with Crippen molar-refractivity contribution in [2.45, 2.75) is 50.9 Å². The van der Waals surface area contributed by atoms with Crippen LogP contribution >= 0.6 is 0 Å². The molecule has 0 radical (unpaired) electrons. The highest BCUT2D eigenvalue weighted by atomic mass is 16.6. The zero-order chi connectivity index (χ0) is 20.8. The number of nitrogens with zero attached hydrogens (tertiary/aromatic N) is 1. The highest BCUT2D eigenvalue weighted by Crippen LogP contribution is 2.38. The number of para-hydroxylation sites is 1. The van der Waals surface area contributed by atoms with E-state index in [-0.39, 0.29) is 17.6 Å². The molecule has 5 nitrogen and oxygen atoms in total. The summed E-state index contributed by atoms with van der Waals surface area (Å²) in [6, 6.07) is 18.3. The second-order valence-corrected chi connectivity index (χ2v) is 8.35. The molecule has 0 aliphatic carbocycles. The van der Waals surface area contributed by atoms with Crippen LogP contribution in [0.5, 0.6) is 0 Å². The average Bonchev–Trinajstić information content (AvgIpc) is 3.24. The van der Waals surface area contributed by atoms with Gasteiger partial charge in [0, 0.05) is 25.4 Å². The molecule has 4 rings (SSSR count). The van der Waals surface area contributed by atoms with Crippen LogP contribution in [0.15, 0.2) is 54.6 Å². The number of rotatable bonds is 7. The van der Waals surface area contributed by atoms with E-state index >= 15 is 0 Å². The van der Waals surface area contributed by atoms with Crippen LogP contribution in [0, 0.1) is 0 Å². The molecule has 5 heteroatoms. The first-order valence-corrected chi connectivity index (χ1v) is 11.1. The SMILES string of the molecule is CCc1ccccc1NC(=O)CN1CC[C@@]2(CCCO2)[C@@H](OCc2ccccc2)C1. The van der Waals surface area contributed by atoms with Gasteiger partial charge in [-0.3, -0.25) is 9.69 Å². The molecule has 2 heterocycles. The Balaban J connectivity index is 1.38. The van der Waals surface area contributed by atoms with Crippen LogP contribution in [0.25, 0.3) is 0 Å². The van der Waals surface area contributed by atoms with Gasteiger partial charge in [-0.2, -0.15) is 0 Å². The van der Waals surface area contributed by atoms with Crippen molar-refractivity contribution in [1.82, 2.24) is 4.90 Å². The van der Waals surface area contributed by atoms with Gasteiger partial charge < -0.3 is 14.8 Å². The molecule has 2 saturated heterocycles. The van der Waals surface area contributed by atoms with Crippen LogP contribution in [0.1, 0.15) is 37.3 Å². The number of carbonyl (C=O) groups excluding carboxylic acids is 1. The van der Waals surface area contributed by atoms with Gasteiger partial charge in [-0.25, -0.2) is 0 Å². The molecule has 160 valence electrons. The number of aryl methyl sites for hydroxylation is 1. The fraction of sp³-hybridized carbons (Fsp3) is 0.480. The molecular formula is C25H32N2O3. The number of carbonyl (C=O) groups is 1. The Hall–Kier alpha value is -2.21. The quantitative estimate of drug-likeness (QED) is 0.752. The fourth-order valence-corrected chi connectivity index (χ4v) is 4.63. The minimum Gasteiger partial charge on any atom is -0.372 e. The lowest BCUT2D eigenvalue weighted by Crippen LogP contribution is -2.57. The van der Waals surface area contributed by atoms with Crippen molar-refractivity contribution < 1.29 is 14.3 Å². The molecule has 1 amide bonds. The highest BCUT2D eigenvalue weighted by Gasteiger charge is 2.47. The smallest absolute Gasteiger partial charge is 0.238 e. The van der Waals surface area contributed by atoms with E-state index in [9.17, 15) is 4.79 Å². The number of anilines is 1. The van der Waals surface area contributed by atoms with Crippen molar-refractivity contribution in [3.05, 3.63) is 65.7 Å². The van der Waals surface area contributed by atoms with E-state index in [0.29, 0.717) is 13.2 Å². The van der Waals surface area contributed by atoms with Crippen molar-refractivity contribution in [3.63, 3.8) is 0 Å². The van der Waals surface area contributed by atoms with E-state index in [1.54, 1.807) is 0 Å². The Morgan fingerprint density at radius 1 is 1.17 bits per heavy atom. The fourth-order valence-electron chi connectivity index (χ4n) is 4.63. The number of piperidine rings is 1. The first kappa shape index (κ1) is 21.0. The molecule has 0 saturated carbocycles. The first-order chi connectivity index (χ1) is 14.7. The molecule has 0 unspecified atom stereocenters. The van der Waals surface area contributed by atoms with E-state index in [2.05, 4.69) is 35.3 Å². The van der Waals surface area contributed by atoms with Gasteiger partial charge >= 0.3 is 0 Å². The summed E-state index contributed by atoms with van der Waals surface area (Å²) in [7, 11) is 0. The Bertz CT molecular complexity index is 833. The van der Waals surface area contributed by atoms with E-state index in [1.165, 1.54) is 0 Å². The second kappa shape index (κ2) is 9.73. The van der Waals surface area contributed by atoms with Crippen LogP contribution in [-0.4, -0.2) is 48.8 Å². The summed E-state index contributed by atoms with van der Waals surface area (Å²) in [6.07, 6.45) is 3.90. The zero-order valence-electron chi connectivity index (χ0n) is 17.8. The van der Waals surface area contributed by atoms with Crippen LogP contribution in [0.2, 0.25) is 0 Å². The molecule has 2 aliphatic rings. The molecule has 2 fully saturated rings. The molecule has 1 N–H and O–H groups in total. The van der Waals surface area contributed by atoms with E-state index in [0.717, 1.165) is 62.2 Å². The minimum atomic E-state index is -0.198. The predicted octanol–water partition coefficient (Wildman–Crippen LogP) is 4.03. The Morgan fingerprint density at radius 2 is 1.97 bits per heavy atom. The van der Waals surface area contributed by atoms with Gasteiger partial charge in [-0.05, 0) is 42.9 Å². The molecule has 2 aromatic carbocycles. The summed E-state index contributed by atoms with van der Waals surface area (Å²) < 4.78 is 12.6. The molecule has 0 aromatic heterocycles. The van der Waals surface area contributed by atoms with Gasteiger partial charge in [0.2, 0.25) is 5.91 Å². The minimum absolute atomic E-state index is 0.0234. The van der Waals surface area contributed by atoms with E-state index < -0.39 is 0 Å². The van der Waals surface area contributed by atoms with Crippen LogP contribution in [0.4, 0.5) is 5.69 Å². The van der Waals surface area contributed by atoms with Crippen molar-refractivity contribution in [1.29, 1.82) is 0 Å². The zero-order valence-corrected chi connectivity index (χ0v) is 17.8. The van der Waals surface area contributed by atoms with Crippen molar-refractivity contribution in [2.75, 3.05) is 31.6 Å². The maximum atomic E-state index is 12.7. The highest BCUT2D eigenvalue weighted by molar-refractivity contribution is 5.93. The van der Waals surface area contributed by atoms with Crippen LogP contribution in [-0.2, 0) is 27.3 Å². The van der Waals surface area contributed by atoms with Gasteiger partial charge in [-0.15, -0.1) is 0 Å². The lowest BCUT2D eigenvalue weighted by molar-refractivity contribution is -0.159. The summed E-state index contributed by atoms with van der Waals surface area (Å²) >= 11 is 0. The second-order valence-electron chi connectivity index (χ2n) is 8.35. The molecule has 2 aromatic rings. The number of hydrogen-bond acceptors (Lipinski definition) is 4. The Labute approximate surface area is 179 Å². The first-order valence-electron chi connectivity index (χ1n) is 11.1. The maximum absolute atomic E-state index is 12.7. The van der Waals surface area contributed by atoms with Gasteiger partial charge in [0.25, 0.3) is 0 Å². The topological polar surface area (TPSA) is 50.8 Å². The summed E-state index contributed by atoms with van der Waals surface area (Å²) in [5.74, 6) is 0.0287. The van der Waals surface area contributed by atoms with Crippen molar-refractivity contribution in [2.24, 2.45) is 0 Å². The van der Waals surface area contributed by atoms with E-state index in [4.69, 9.17) is 9.47 Å². The summed E-state index contributed by atoms with van der Waals surface area (Å²) in [5.41, 5.74) is 3.04. The van der Waals surface area contributed by atoms with Crippen molar-refractivity contribution in [3.8, 4) is 0 Å². The Morgan fingerprint density at radius 3 is 2.73 bits per heavy atom. The number of likely N-dealkylation sites (tertiary alicyclic amines) is 1. The summed E-state index contributed by atoms with van der Waals surface area (Å²) in [4.78, 5) is 14.9. The number of benzene rings is 2. The third-order valence-corrected chi connectivity index (χ3v) is 6.33. The number of ether oxygens (including phenoxy) is 2. The van der Waals surface area contributed by atoms with Gasteiger partial charge in [0.15, 0.2) is 0 Å². The largest absolute Gasteiger partial charge is 0.372 e. The molecule has 30 heavy (non-hydrogen) atoms. The molecule has 1 spiro atoms. The van der Waals surface area contributed by atoms with Crippen LogP contribution in [0.3, 0.4) is 0 Å². The summed E-state index contributed by atoms with van der Waals surface area (Å²) in [6.45, 7) is 5.43. The predicted molar refractivity (Wildman–Crippen MR) is 118 cm³/mol. The third kappa shape index (κ3) is 4.91. The number of hydrogen-bond donors (Lipinski definition) is 1. The third-order valence-electron chi connectivity index (χ3n) is 6.33. The monoisotopic (exact) mass is 408 g/mol. The van der Waals surface area contributed by atoms with Crippen molar-refractivity contribution >= 4 is 11.6 Å². The molecule has 2 aliphatic heterocycles.